The van der Waals surface area contributed by atoms with Crippen LogP contribution in [0.1, 0.15) is 69.9 Å². The van der Waals surface area contributed by atoms with Gasteiger partial charge in [-0.2, -0.15) is 0 Å². The van der Waals surface area contributed by atoms with Gasteiger partial charge in [0.2, 0.25) is 0 Å². The minimum Gasteiger partial charge on any atom is -0.508 e. The average Bonchev–Trinajstić information content (AvgIpc) is 2.76. The van der Waals surface area contributed by atoms with Crippen LogP contribution in [-0.2, 0) is 12.8 Å². The highest BCUT2D eigenvalue weighted by molar-refractivity contribution is 5.70. The standard InChI is InChI=1S/C27H38O3/c1-3-5-20-7-9-21(10-8-20)19-30-25-13-11-22(12-14-25)26-17-24(15-16-28)27(29)18-23(26)6-4-2/h11-14,17-18,20-21,28-29H,3-10,15-16,19H2,1-2H3. The number of rotatable bonds is 10. The van der Waals surface area contributed by atoms with Crippen molar-refractivity contribution in [2.24, 2.45) is 11.8 Å². The predicted molar refractivity (Wildman–Crippen MR) is 124 cm³/mol. The number of hydrogen-bond acceptors (Lipinski definition) is 3. The molecule has 0 saturated heterocycles. The maximum atomic E-state index is 10.3. The second-order valence-corrected chi connectivity index (χ2v) is 8.87. The van der Waals surface area contributed by atoms with Crippen LogP contribution in [-0.4, -0.2) is 23.4 Å². The first-order valence-corrected chi connectivity index (χ1v) is 11.8. The molecule has 30 heavy (non-hydrogen) atoms. The molecular weight excluding hydrogens is 372 g/mol. The molecule has 0 atom stereocenters. The van der Waals surface area contributed by atoms with Crippen molar-refractivity contribution in [3.63, 3.8) is 0 Å². The maximum Gasteiger partial charge on any atom is 0.119 e. The first-order valence-electron chi connectivity index (χ1n) is 11.8. The lowest BCUT2D eigenvalue weighted by molar-refractivity contribution is 0.178. The number of aliphatic hydroxyl groups is 1. The van der Waals surface area contributed by atoms with Crippen LogP contribution < -0.4 is 4.74 Å². The number of phenols is 1. The van der Waals surface area contributed by atoms with Crippen molar-refractivity contribution >= 4 is 0 Å². The largest absolute Gasteiger partial charge is 0.508 e. The molecule has 0 aromatic heterocycles. The van der Waals surface area contributed by atoms with E-state index in [2.05, 4.69) is 38.1 Å². The SMILES string of the molecule is CCCc1cc(O)c(CCO)cc1-c1ccc(OCC2CCC(CCC)CC2)cc1. The Kier molecular flexibility index (Phi) is 8.62. The Hall–Kier alpha value is -2.00. The molecule has 0 amide bonds. The molecule has 2 aromatic rings. The fourth-order valence-electron chi connectivity index (χ4n) is 4.78. The monoisotopic (exact) mass is 410 g/mol. The Morgan fingerprint density at radius 1 is 0.867 bits per heavy atom. The molecule has 1 saturated carbocycles. The first-order chi connectivity index (χ1) is 14.6. The van der Waals surface area contributed by atoms with Crippen molar-refractivity contribution in [2.45, 2.75) is 71.6 Å². The number of aromatic hydroxyl groups is 1. The third-order valence-electron chi connectivity index (χ3n) is 6.52. The van der Waals surface area contributed by atoms with E-state index in [0.717, 1.165) is 53.4 Å². The van der Waals surface area contributed by atoms with E-state index in [4.69, 9.17) is 4.74 Å². The summed E-state index contributed by atoms with van der Waals surface area (Å²) in [7, 11) is 0. The van der Waals surface area contributed by atoms with E-state index in [1.54, 1.807) is 0 Å². The van der Waals surface area contributed by atoms with Gasteiger partial charge in [0.15, 0.2) is 0 Å². The zero-order chi connectivity index (χ0) is 21.3. The molecular formula is C27H38O3. The van der Waals surface area contributed by atoms with Crippen LogP contribution in [0.25, 0.3) is 11.1 Å². The van der Waals surface area contributed by atoms with Gasteiger partial charge in [-0.05, 0) is 84.0 Å². The molecule has 0 bridgehead atoms. The topological polar surface area (TPSA) is 49.7 Å². The zero-order valence-electron chi connectivity index (χ0n) is 18.7. The van der Waals surface area contributed by atoms with Crippen molar-refractivity contribution in [1.82, 2.24) is 0 Å². The Morgan fingerprint density at radius 3 is 2.20 bits per heavy atom. The van der Waals surface area contributed by atoms with Crippen LogP contribution in [0, 0.1) is 11.8 Å². The summed E-state index contributed by atoms with van der Waals surface area (Å²) in [4.78, 5) is 0. The van der Waals surface area contributed by atoms with Gasteiger partial charge < -0.3 is 14.9 Å². The van der Waals surface area contributed by atoms with E-state index in [1.807, 2.05) is 12.1 Å². The van der Waals surface area contributed by atoms with Gasteiger partial charge in [0, 0.05) is 6.61 Å². The third-order valence-corrected chi connectivity index (χ3v) is 6.52. The van der Waals surface area contributed by atoms with Crippen LogP contribution >= 0.6 is 0 Å². The summed E-state index contributed by atoms with van der Waals surface area (Å²) in [6.07, 6.45) is 10.4. The zero-order valence-corrected chi connectivity index (χ0v) is 18.7. The molecule has 2 N–H and O–H groups in total. The van der Waals surface area contributed by atoms with Crippen molar-refractivity contribution in [3.8, 4) is 22.6 Å². The van der Waals surface area contributed by atoms with Gasteiger partial charge in [-0.25, -0.2) is 0 Å². The number of aryl methyl sites for hydroxylation is 1. The lowest BCUT2D eigenvalue weighted by Crippen LogP contribution is -2.20. The molecule has 3 nitrogen and oxygen atoms in total. The van der Waals surface area contributed by atoms with Crippen molar-refractivity contribution in [1.29, 1.82) is 0 Å². The average molecular weight is 411 g/mol. The molecule has 0 spiro atoms. The number of phenolic OH excluding ortho intramolecular Hbond substituents is 1. The van der Waals surface area contributed by atoms with Crippen LogP contribution in [0.4, 0.5) is 0 Å². The van der Waals surface area contributed by atoms with Crippen molar-refractivity contribution in [2.75, 3.05) is 13.2 Å². The number of ether oxygens (including phenoxy) is 1. The summed E-state index contributed by atoms with van der Waals surface area (Å²) in [5.41, 5.74) is 4.21. The molecule has 0 unspecified atom stereocenters. The Balaban J connectivity index is 1.64. The predicted octanol–water partition coefficient (Wildman–Crippen LogP) is 6.53. The van der Waals surface area contributed by atoms with E-state index in [0.29, 0.717) is 12.3 Å². The summed E-state index contributed by atoms with van der Waals surface area (Å²) in [6, 6.07) is 12.2. The highest BCUT2D eigenvalue weighted by Crippen LogP contribution is 2.34. The van der Waals surface area contributed by atoms with Gasteiger partial charge in [0.1, 0.15) is 11.5 Å². The van der Waals surface area contributed by atoms with Gasteiger partial charge in [-0.3, -0.25) is 0 Å². The molecule has 2 aromatic carbocycles. The Labute approximate surface area is 182 Å². The second kappa shape index (κ2) is 11.4. The minimum atomic E-state index is 0.0350. The molecule has 0 aliphatic heterocycles. The molecule has 164 valence electrons. The molecule has 1 aliphatic rings. The van der Waals surface area contributed by atoms with Crippen molar-refractivity contribution in [3.05, 3.63) is 47.5 Å². The Morgan fingerprint density at radius 2 is 1.57 bits per heavy atom. The number of hydrogen-bond donors (Lipinski definition) is 2. The quantitative estimate of drug-likeness (QED) is 0.468. The van der Waals surface area contributed by atoms with E-state index >= 15 is 0 Å². The maximum absolute atomic E-state index is 10.3. The highest BCUT2D eigenvalue weighted by atomic mass is 16.5. The molecule has 0 radical (unpaired) electrons. The smallest absolute Gasteiger partial charge is 0.119 e. The number of benzene rings is 2. The van der Waals surface area contributed by atoms with Gasteiger partial charge in [-0.15, -0.1) is 0 Å². The van der Waals surface area contributed by atoms with E-state index in [-0.39, 0.29) is 12.4 Å². The summed E-state index contributed by atoms with van der Waals surface area (Å²) >= 11 is 0. The van der Waals surface area contributed by atoms with Crippen LogP contribution in [0.5, 0.6) is 11.5 Å². The molecule has 1 fully saturated rings. The molecule has 1 aliphatic carbocycles. The fourth-order valence-corrected chi connectivity index (χ4v) is 4.78. The fraction of sp³-hybridized carbons (Fsp3) is 0.556. The lowest BCUT2D eigenvalue weighted by atomic mass is 9.80. The van der Waals surface area contributed by atoms with Gasteiger partial charge >= 0.3 is 0 Å². The van der Waals surface area contributed by atoms with E-state index < -0.39 is 0 Å². The highest BCUT2D eigenvalue weighted by Gasteiger charge is 2.21. The summed E-state index contributed by atoms with van der Waals surface area (Å²) < 4.78 is 6.12. The third kappa shape index (κ3) is 6.01. The minimum absolute atomic E-state index is 0.0350. The first kappa shape index (κ1) is 22.7. The van der Waals surface area contributed by atoms with Crippen LogP contribution in [0.2, 0.25) is 0 Å². The molecule has 0 heterocycles. The van der Waals surface area contributed by atoms with Gasteiger partial charge in [0.25, 0.3) is 0 Å². The normalized spacial score (nSPS) is 19.0. The second-order valence-electron chi connectivity index (χ2n) is 8.87. The van der Waals surface area contributed by atoms with E-state index in [9.17, 15) is 10.2 Å². The van der Waals surface area contributed by atoms with Crippen molar-refractivity contribution < 1.29 is 14.9 Å². The lowest BCUT2D eigenvalue weighted by Gasteiger charge is -2.28. The summed E-state index contributed by atoms with van der Waals surface area (Å²) in [5, 5.41) is 19.6. The molecule has 3 heteroatoms. The molecule has 3 rings (SSSR count). The Bertz CT molecular complexity index is 773. The summed E-state index contributed by atoms with van der Waals surface area (Å²) in [6.45, 7) is 5.29. The number of aliphatic hydroxyl groups excluding tert-OH is 1. The van der Waals surface area contributed by atoms with E-state index in [1.165, 1.54) is 38.5 Å². The summed E-state index contributed by atoms with van der Waals surface area (Å²) in [5.74, 6) is 2.83. The van der Waals surface area contributed by atoms with Gasteiger partial charge in [0.05, 0.1) is 6.61 Å². The van der Waals surface area contributed by atoms with Crippen LogP contribution in [0.15, 0.2) is 36.4 Å². The van der Waals surface area contributed by atoms with Gasteiger partial charge in [-0.1, -0.05) is 58.1 Å². The van der Waals surface area contributed by atoms with Crippen LogP contribution in [0.3, 0.4) is 0 Å².